The lowest BCUT2D eigenvalue weighted by Gasteiger charge is -2.30. The molecule has 2 heterocycles. The fraction of sp³-hybridized carbons (Fsp3) is 0.667. The van der Waals surface area contributed by atoms with E-state index in [4.69, 9.17) is 9.47 Å². The van der Waals surface area contributed by atoms with E-state index in [1.54, 1.807) is 31.2 Å². The summed E-state index contributed by atoms with van der Waals surface area (Å²) in [5.74, 6) is 0.654. The molecule has 168 valence electrons. The van der Waals surface area contributed by atoms with E-state index in [0.29, 0.717) is 38.4 Å². The summed E-state index contributed by atoms with van der Waals surface area (Å²) in [7, 11) is -3.58. The maximum Gasteiger partial charge on any atom is 0.243 e. The first kappa shape index (κ1) is 23.0. The number of benzene rings is 1. The van der Waals surface area contributed by atoms with E-state index >= 15 is 0 Å². The Bertz CT molecular complexity index is 793. The third-order valence-electron chi connectivity index (χ3n) is 5.72. The van der Waals surface area contributed by atoms with Crippen molar-refractivity contribution in [2.75, 3.05) is 59.1 Å². The number of morpholine rings is 1. The molecule has 1 atom stereocenters. The zero-order valence-corrected chi connectivity index (χ0v) is 18.8. The van der Waals surface area contributed by atoms with Gasteiger partial charge in [0.15, 0.2) is 0 Å². The predicted molar refractivity (Wildman–Crippen MR) is 114 cm³/mol. The molecule has 2 saturated heterocycles. The van der Waals surface area contributed by atoms with Gasteiger partial charge in [-0.05, 0) is 44.0 Å². The van der Waals surface area contributed by atoms with Gasteiger partial charge in [-0.15, -0.1) is 0 Å². The Morgan fingerprint density at radius 2 is 1.90 bits per heavy atom. The normalized spacial score (nSPS) is 20.9. The summed E-state index contributed by atoms with van der Waals surface area (Å²) in [5.41, 5.74) is 0. The summed E-state index contributed by atoms with van der Waals surface area (Å²) in [5, 5.41) is 0. The first-order valence-corrected chi connectivity index (χ1v) is 12.2. The number of ether oxygens (including phenoxy) is 2. The van der Waals surface area contributed by atoms with Gasteiger partial charge in [-0.3, -0.25) is 9.69 Å². The van der Waals surface area contributed by atoms with Gasteiger partial charge in [0.05, 0.1) is 24.7 Å². The monoisotopic (exact) mass is 439 g/mol. The third-order valence-corrected chi connectivity index (χ3v) is 7.60. The molecular formula is C21H33N3O5S. The Balaban J connectivity index is 1.57. The second kappa shape index (κ2) is 10.6. The highest BCUT2D eigenvalue weighted by atomic mass is 32.2. The lowest BCUT2D eigenvalue weighted by atomic mass is 10.2. The van der Waals surface area contributed by atoms with Crippen molar-refractivity contribution in [1.29, 1.82) is 0 Å². The van der Waals surface area contributed by atoms with Crippen LogP contribution in [0.1, 0.15) is 26.7 Å². The molecule has 3 rings (SSSR count). The van der Waals surface area contributed by atoms with E-state index in [-0.39, 0.29) is 16.8 Å². The first-order valence-electron chi connectivity index (χ1n) is 10.7. The van der Waals surface area contributed by atoms with E-state index in [1.807, 2.05) is 11.8 Å². The molecule has 0 radical (unpaired) electrons. The topological polar surface area (TPSA) is 79.4 Å². The number of hydrogen-bond acceptors (Lipinski definition) is 6. The number of carbonyl (C=O) groups is 1. The van der Waals surface area contributed by atoms with Crippen LogP contribution in [0.5, 0.6) is 5.75 Å². The Morgan fingerprint density at radius 1 is 1.20 bits per heavy atom. The Kier molecular flexibility index (Phi) is 8.10. The lowest BCUT2D eigenvalue weighted by Crippen LogP contribution is -2.43. The molecule has 2 aliphatic heterocycles. The molecule has 0 aromatic heterocycles. The number of carbonyl (C=O) groups excluding carboxylic acids is 1. The van der Waals surface area contributed by atoms with Crippen molar-refractivity contribution in [1.82, 2.24) is 14.1 Å². The van der Waals surface area contributed by atoms with Gasteiger partial charge in [-0.25, -0.2) is 8.42 Å². The van der Waals surface area contributed by atoms with Crippen LogP contribution in [0.2, 0.25) is 0 Å². The van der Waals surface area contributed by atoms with Crippen molar-refractivity contribution in [3.63, 3.8) is 0 Å². The largest absolute Gasteiger partial charge is 0.494 e. The Labute approximate surface area is 179 Å². The standard InChI is InChI=1S/C21H33N3O5S/c1-3-29-20-5-7-21(8-6-20)30(26,27)23-12-9-19(17-23)24(18(2)25)11-4-10-22-13-15-28-16-14-22/h5-8,19H,3-4,9-17H2,1-2H3. The third kappa shape index (κ3) is 5.72. The van der Waals surface area contributed by atoms with Gasteiger partial charge in [-0.1, -0.05) is 0 Å². The van der Waals surface area contributed by atoms with Crippen LogP contribution >= 0.6 is 0 Å². The van der Waals surface area contributed by atoms with Crippen LogP contribution in [0, 0.1) is 0 Å². The average molecular weight is 440 g/mol. The zero-order valence-electron chi connectivity index (χ0n) is 18.0. The fourth-order valence-electron chi connectivity index (χ4n) is 4.09. The summed E-state index contributed by atoms with van der Waals surface area (Å²) in [6, 6.07) is 6.44. The molecule has 0 saturated carbocycles. The fourth-order valence-corrected chi connectivity index (χ4v) is 5.59. The summed E-state index contributed by atoms with van der Waals surface area (Å²) < 4.78 is 38.3. The van der Waals surface area contributed by atoms with E-state index in [2.05, 4.69) is 4.90 Å². The summed E-state index contributed by atoms with van der Waals surface area (Å²) >= 11 is 0. The average Bonchev–Trinajstić information content (AvgIpc) is 3.23. The minimum absolute atomic E-state index is 0.00212. The highest BCUT2D eigenvalue weighted by Crippen LogP contribution is 2.25. The molecule has 8 nitrogen and oxygen atoms in total. The van der Waals surface area contributed by atoms with Gasteiger partial charge in [0, 0.05) is 52.2 Å². The minimum atomic E-state index is -3.58. The van der Waals surface area contributed by atoms with Crippen molar-refractivity contribution in [3.05, 3.63) is 24.3 Å². The van der Waals surface area contributed by atoms with Gasteiger partial charge in [0.2, 0.25) is 15.9 Å². The molecule has 1 amide bonds. The van der Waals surface area contributed by atoms with Crippen LogP contribution in [0.3, 0.4) is 0 Å². The van der Waals surface area contributed by atoms with Crippen LogP contribution in [0.15, 0.2) is 29.2 Å². The van der Waals surface area contributed by atoms with Gasteiger partial charge >= 0.3 is 0 Å². The molecule has 9 heteroatoms. The Hall–Kier alpha value is -1.68. The molecular weight excluding hydrogens is 406 g/mol. The van der Waals surface area contributed by atoms with Crippen molar-refractivity contribution < 1.29 is 22.7 Å². The minimum Gasteiger partial charge on any atom is -0.494 e. The van der Waals surface area contributed by atoms with E-state index in [0.717, 1.165) is 39.3 Å². The smallest absolute Gasteiger partial charge is 0.243 e. The second-order valence-corrected chi connectivity index (χ2v) is 9.67. The van der Waals surface area contributed by atoms with Crippen molar-refractivity contribution >= 4 is 15.9 Å². The first-order chi connectivity index (χ1) is 14.4. The number of nitrogens with zero attached hydrogens (tertiary/aromatic N) is 3. The summed E-state index contributed by atoms with van der Waals surface area (Å²) in [4.78, 5) is 16.7. The van der Waals surface area contributed by atoms with Crippen LogP contribution < -0.4 is 4.74 Å². The number of hydrogen-bond donors (Lipinski definition) is 0. The van der Waals surface area contributed by atoms with Gasteiger partial charge < -0.3 is 14.4 Å². The molecule has 0 N–H and O–H groups in total. The SMILES string of the molecule is CCOc1ccc(S(=O)(=O)N2CCC(N(CCCN3CCOCC3)C(C)=O)C2)cc1. The molecule has 2 fully saturated rings. The predicted octanol–water partition coefficient (Wildman–Crippen LogP) is 1.42. The van der Waals surface area contributed by atoms with E-state index in [1.165, 1.54) is 4.31 Å². The molecule has 30 heavy (non-hydrogen) atoms. The van der Waals surface area contributed by atoms with Crippen molar-refractivity contribution in [3.8, 4) is 5.75 Å². The van der Waals surface area contributed by atoms with E-state index in [9.17, 15) is 13.2 Å². The molecule has 0 aliphatic carbocycles. The van der Waals surface area contributed by atoms with Gasteiger partial charge in [0.25, 0.3) is 0 Å². The van der Waals surface area contributed by atoms with Gasteiger partial charge in [-0.2, -0.15) is 4.31 Å². The van der Waals surface area contributed by atoms with Crippen LogP contribution in [0.25, 0.3) is 0 Å². The van der Waals surface area contributed by atoms with Crippen molar-refractivity contribution in [2.24, 2.45) is 0 Å². The van der Waals surface area contributed by atoms with Gasteiger partial charge in [0.1, 0.15) is 5.75 Å². The Morgan fingerprint density at radius 3 is 2.53 bits per heavy atom. The lowest BCUT2D eigenvalue weighted by molar-refractivity contribution is -0.131. The highest BCUT2D eigenvalue weighted by Gasteiger charge is 2.36. The van der Waals surface area contributed by atoms with Crippen LogP contribution in [-0.4, -0.2) is 93.6 Å². The molecule has 1 aromatic rings. The van der Waals surface area contributed by atoms with Crippen LogP contribution in [0.4, 0.5) is 0 Å². The highest BCUT2D eigenvalue weighted by molar-refractivity contribution is 7.89. The number of rotatable bonds is 9. The zero-order chi connectivity index (χ0) is 21.6. The summed E-state index contributed by atoms with van der Waals surface area (Å²) in [6.07, 6.45) is 1.54. The molecule has 0 spiro atoms. The van der Waals surface area contributed by atoms with Crippen molar-refractivity contribution in [2.45, 2.75) is 37.6 Å². The van der Waals surface area contributed by atoms with E-state index < -0.39 is 10.0 Å². The maximum absolute atomic E-state index is 13.0. The quantitative estimate of drug-likeness (QED) is 0.579. The molecule has 1 unspecified atom stereocenters. The summed E-state index contributed by atoms with van der Waals surface area (Å²) in [6.45, 7) is 9.70. The second-order valence-electron chi connectivity index (χ2n) is 7.73. The molecule has 1 aromatic carbocycles. The maximum atomic E-state index is 13.0. The molecule has 0 bridgehead atoms. The molecule has 2 aliphatic rings. The van der Waals surface area contributed by atoms with Crippen LogP contribution in [-0.2, 0) is 19.6 Å². The number of amides is 1. The number of sulfonamides is 1.